The Bertz CT molecular complexity index is 2530. The lowest BCUT2D eigenvalue weighted by atomic mass is 10.0. The largest absolute Gasteiger partial charge is 0.310 e. The van der Waals surface area contributed by atoms with E-state index in [9.17, 15) is 0 Å². The van der Waals surface area contributed by atoms with Crippen molar-refractivity contribution in [3.8, 4) is 33.6 Å². The van der Waals surface area contributed by atoms with E-state index < -0.39 is 0 Å². The highest BCUT2D eigenvalue weighted by molar-refractivity contribution is 6.04. The summed E-state index contributed by atoms with van der Waals surface area (Å²) in [6, 6.07) is 66.9. The Morgan fingerprint density at radius 2 is 1.00 bits per heavy atom. The Balaban J connectivity index is 1.27. The molecular weight excluding hydrogens is 583 g/mol. The third-order valence-corrected chi connectivity index (χ3v) is 9.18. The van der Waals surface area contributed by atoms with Crippen molar-refractivity contribution in [2.24, 2.45) is 0 Å². The quantitative estimate of drug-likeness (QED) is 0.186. The van der Waals surface area contributed by atoms with Crippen LogP contribution in [0.5, 0.6) is 0 Å². The third kappa shape index (κ3) is 4.90. The number of hydrogen-bond donors (Lipinski definition) is 0. The molecule has 0 unspecified atom stereocenters. The summed E-state index contributed by atoms with van der Waals surface area (Å²) in [6.07, 6.45) is 0. The zero-order valence-corrected chi connectivity index (χ0v) is 26.2. The molecule has 48 heavy (non-hydrogen) atoms. The third-order valence-electron chi connectivity index (χ3n) is 9.18. The number of hydrogen-bond acceptors (Lipinski definition) is 2. The normalized spacial score (nSPS) is 11.3. The number of fused-ring (bicyclic) bond motifs is 4. The second-order valence-corrected chi connectivity index (χ2v) is 12.1. The molecule has 3 nitrogen and oxygen atoms in total. The minimum Gasteiger partial charge on any atom is -0.310 e. The van der Waals surface area contributed by atoms with Crippen LogP contribution >= 0.6 is 0 Å². The molecular formula is C45H31N3. The maximum absolute atomic E-state index is 5.18. The van der Waals surface area contributed by atoms with Crippen LogP contribution in [0.1, 0.15) is 0 Å². The number of rotatable bonds is 6. The summed E-state index contributed by atoms with van der Waals surface area (Å²) >= 11 is 0. The highest BCUT2D eigenvalue weighted by Gasteiger charge is 2.19. The molecule has 0 N–H and O–H groups in total. The average molecular weight is 614 g/mol. The summed E-state index contributed by atoms with van der Waals surface area (Å²) < 4.78 is 2.11. The summed E-state index contributed by atoms with van der Waals surface area (Å²) in [6.45, 7) is 0. The first-order valence-corrected chi connectivity index (χ1v) is 16.3. The van der Waals surface area contributed by atoms with Crippen molar-refractivity contribution in [1.29, 1.82) is 0 Å². The summed E-state index contributed by atoms with van der Waals surface area (Å²) in [4.78, 5) is 2.38. The maximum Gasteiger partial charge on any atom is 0.0934 e. The molecule has 3 heteroatoms. The van der Waals surface area contributed by atoms with Gasteiger partial charge in [0.15, 0.2) is 0 Å². The van der Waals surface area contributed by atoms with E-state index in [0.29, 0.717) is 0 Å². The fourth-order valence-electron chi connectivity index (χ4n) is 6.82. The standard InChI is InChI=1S/C45H31N3/c1-4-13-32(14-5-1)33-23-26-38(27-24-33)47(43-22-12-20-34-15-10-11-21-40(34)43)39-28-25-37-29-44(36-18-8-3-9-19-36)48-45(41(37)30-39)31-42(46-48)35-16-6-2-7-17-35/h1-31H. The van der Waals surface area contributed by atoms with Crippen LogP contribution in [-0.2, 0) is 0 Å². The van der Waals surface area contributed by atoms with Crippen molar-refractivity contribution in [2.75, 3.05) is 4.90 Å². The first-order chi connectivity index (χ1) is 23.8. The first kappa shape index (κ1) is 27.8. The first-order valence-electron chi connectivity index (χ1n) is 16.3. The van der Waals surface area contributed by atoms with E-state index in [1.807, 2.05) is 6.07 Å². The molecule has 226 valence electrons. The SMILES string of the molecule is c1ccc(-c2ccc(N(c3ccc4cc(-c5ccccc5)n5nc(-c6ccccc6)cc5c4c3)c3cccc4ccccc34)cc2)cc1. The lowest BCUT2D eigenvalue weighted by molar-refractivity contribution is 0.979. The Morgan fingerprint density at radius 1 is 0.396 bits per heavy atom. The smallest absolute Gasteiger partial charge is 0.0934 e. The number of benzene rings is 7. The van der Waals surface area contributed by atoms with Gasteiger partial charge < -0.3 is 4.90 Å². The molecule has 0 saturated carbocycles. The molecule has 0 aliphatic rings. The molecule has 2 heterocycles. The Kier molecular flexibility index (Phi) is 6.80. The van der Waals surface area contributed by atoms with E-state index in [4.69, 9.17) is 5.10 Å². The molecule has 0 radical (unpaired) electrons. The lowest BCUT2D eigenvalue weighted by Crippen LogP contribution is -2.10. The molecule has 0 amide bonds. The van der Waals surface area contributed by atoms with Crippen molar-refractivity contribution < 1.29 is 0 Å². The predicted octanol–water partition coefficient (Wildman–Crippen LogP) is 12.1. The molecule has 0 atom stereocenters. The fourth-order valence-corrected chi connectivity index (χ4v) is 6.82. The molecule has 9 rings (SSSR count). The van der Waals surface area contributed by atoms with Crippen LogP contribution in [0, 0.1) is 0 Å². The molecule has 0 aliphatic carbocycles. The lowest BCUT2D eigenvalue weighted by Gasteiger charge is -2.27. The van der Waals surface area contributed by atoms with E-state index in [0.717, 1.165) is 50.5 Å². The second-order valence-electron chi connectivity index (χ2n) is 12.1. The number of aromatic nitrogens is 2. The average Bonchev–Trinajstić information content (AvgIpc) is 3.62. The van der Waals surface area contributed by atoms with Crippen LogP contribution in [0.2, 0.25) is 0 Å². The van der Waals surface area contributed by atoms with Crippen molar-refractivity contribution >= 4 is 44.1 Å². The van der Waals surface area contributed by atoms with E-state index in [2.05, 4.69) is 191 Å². The van der Waals surface area contributed by atoms with Crippen LogP contribution in [0.4, 0.5) is 17.1 Å². The Hall–Kier alpha value is -6.45. The van der Waals surface area contributed by atoms with E-state index in [-0.39, 0.29) is 0 Å². The second kappa shape index (κ2) is 11.7. The van der Waals surface area contributed by atoms with Gasteiger partial charge in [-0.3, -0.25) is 0 Å². The monoisotopic (exact) mass is 613 g/mol. The van der Waals surface area contributed by atoms with E-state index in [1.54, 1.807) is 0 Å². The highest BCUT2D eigenvalue weighted by Crippen LogP contribution is 2.42. The molecule has 0 fully saturated rings. The van der Waals surface area contributed by atoms with Gasteiger partial charge >= 0.3 is 0 Å². The molecule has 9 aromatic rings. The van der Waals surface area contributed by atoms with Crippen LogP contribution < -0.4 is 4.90 Å². The minimum atomic E-state index is 0.952. The Morgan fingerprint density at radius 3 is 1.75 bits per heavy atom. The van der Waals surface area contributed by atoms with Crippen LogP contribution in [-0.4, -0.2) is 9.61 Å². The van der Waals surface area contributed by atoms with Gasteiger partial charge in [-0.15, -0.1) is 0 Å². The molecule has 7 aromatic carbocycles. The predicted molar refractivity (Wildman–Crippen MR) is 201 cm³/mol. The van der Waals surface area contributed by atoms with Crippen LogP contribution in [0.25, 0.3) is 60.7 Å². The van der Waals surface area contributed by atoms with Gasteiger partial charge in [-0.05, 0) is 64.4 Å². The summed E-state index contributed by atoms with van der Waals surface area (Å²) in [5.74, 6) is 0. The number of pyridine rings is 1. The van der Waals surface area contributed by atoms with Crippen molar-refractivity contribution in [3.63, 3.8) is 0 Å². The van der Waals surface area contributed by atoms with Gasteiger partial charge in [0.1, 0.15) is 0 Å². The summed E-state index contributed by atoms with van der Waals surface area (Å²) in [5.41, 5.74) is 11.0. The van der Waals surface area contributed by atoms with Gasteiger partial charge in [-0.25, -0.2) is 4.52 Å². The zero-order chi connectivity index (χ0) is 31.9. The van der Waals surface area contributed by atoms with Gasteiger partial charge in [-0.1, -0.05) is 146 Å². The van der Waals surface area contributed by atoms with Crippen molar-refractivity contribution in [2.45, 2.75) is 0 Å². The van der Waals surface area contributed by atoms with Gasteiger partial charge in [-0.2, -0.15) is 5.10 Å². The van der Waals surface area contributed by atoms with E-state index in [1.165, 1.54) is 27.3 Å². The van der Waals surface area contributed by atoms with Gasteiger partial charge in [0.05, 0.1) is 22.6 Å². The molecule has 2 aromatic heterocycles. The van der Waals surface area contributed by atoms with Crippen LogP contribution in [0.3, 0.4) is 0 Å². The van der Waals surface area contributed by atoms with Crippen molar-refractivity contribution in [1.82, 2.24) is 9.61 Å². The Labute approximate surface area is 279 Å². The fraction of sp³-hybridized carbons (Fsp3) is 0. The maximum atomic E-state index is 5.18. The van der Waals surface area contributed by atoms with Gasteiger partial charge in [0.25, 0.3) is 0 Å². The van der Waals surface area contributed by atoms with Gasteiger partial charge in [0.2, 0.25) is 0 Å². The molecule has 0 spiro atoms. The summed E-state index contributed by atoms with van der Waals surface area (Å²) in [7, 11) is 0. The highest BCUT2D eigenvalue weighted by atomic mass is 15.2. The molecule has 0 bridgehead atoms. The van der Waals surface area contributed by atoms with Gasteiger partial charge in [0, 0.05) is 33.3 Å². The van der Waals surface area contributed by atoms with Crippen molar-refractivity contribution in [3.05, 3.63) is 188 Å². The number of nitrogens with zero attached hydrogens (tertiary/aromatic N) is 3. The molecule has 0 saturated heterocycles. The summed E-state index contributed by atoms with van der Waals surface area (Å²) in [5, 5.41) is 9.91. The number of anilines is 3. The zero-order valence-electron chi connectivity index (χ0n) is 26.2. The topological polar surface area (TPSA) is 20.5 Å². The minimum absolute atomic E-state index is 0.952. The molecule has 0 aliphatic heterocycles. The van der Waals surface area contributed by atoms with E-state index >= 15 is 0 Å². The van der Waals surface area contributed by atoms with Crippen LogP contribution in [0.15, 0.2) is 188 Å².